The molecule has 1 fully saturated rings. The number of nitrogens with zero attached hydrogens (tertiary/aromatic N) is 2. The maximum Gasteiger partial charge on any atom is 0.244 e. The molecule has 2 unspecified atom stereocenters. The van der Waals surface area contributed by atoms with Crippen molar-refractivity contribution < 1.29 is 19.2 Å². The van der Waals surface area contributed by atoms with Gasteiger partial charge in [0.1, 0.15) is 13.0 Å². The van der Waals surface area contributed by atoms with E-state index < -0.39 is 5.92 Å². The summed E-state index contributed by atoms with van der Waals surface area (Å²) in [5.74, 6) is -1.02. The number of hydrogen-bond acceptors (Lipinski definition) is 3. The minimum atomic E-state index is -0.405. The second-order valence-corrected chi connectivity index (χ2v) is 3.99. The second-order valence-electron chi connectivity index (χ2n) is 3.31. The van der Waals surface area contributed by atoms with E-state index in [1.54, 1.807) is 18.5 Å². The number of alkyl halides is 1. The molecule has 0 radical (unpaired) electrons. The predicted molar refractivity (Wildman–Crippen MR) is 60.2 cm³/mol. The van der Waals surface area contributed by atoms with E-state index in [1.165, 1.54) is 16.7 Å². The van der Waals surface area contributed by atoms with Gasteiger partial charge in [-0.25, -0.2) is 0 Å². The molecule has 6 heteroatoms. The molecule has 0 bridgehead atoms. The first-order valence-corrected chi connectivity index (χ1v) is 5.98. The summed E-state index contributed by atoms with van der Waals surface area (Å²) in [6.45, 7) is 0. The van der Waals surface area contributed by atoms with E-state index in [0.29, 0.717) is 4.55 Å². The number of likely N-dealkylation sites (tertiary alicyclic amines) is 1. The summed E-state index contributed by atoms with van der Waals surface area (Å²) < 4.78 is 1.85. The van der Waals surface area contributed by atoms with Crippen LogP contribution in [0.2, 0.25) is 0 Å². The van der Waals surface area contributed by atoms with Gasteiger partial charge in [0.05, 0.1) is 10.5 Å². The van der Waals surface area contributed by atoms with E-state index in [2.05, 4.69) is 0 Å². The monoisotopic (exact) mass is 321 g/mol. The molecule has 2 heterocycles. The highest BCUT2D eigenvalue weighted by atomic mass is 127. The average Bonchev–Trinajstić information content (AvgIpc) is 2.51. The number of imide groups is 1. The number of rotatable bonds is 2. The summed E-state index contributed by atoms with van der Waals surface area (Å²) in [6.07, 6.45) is 5.00. The third-order valence-electron chi connectivity index (χ3n) is 2.57. The Labute approximate surface area is 100 Å². The predicted octanol–water partition coefficient (Wildman–Crippen LogP) is 0.152. The van der Waals surface area contributed by atoms with Crippen molar-refractivity contribution >= 4 is 40.6 Å². The van der Waals surface area contributed by atoms with Crippen molar-refractivity contribution in [3.8, 4) is 0 Å². The van der Waals surface area contributed by atoms with E-state index in [9.17, 15) is 9.59 Å². The molecule has 0 spiro atoms. The third kappa shape index (κ3) is 1.56. The van der Waals surface area contributed by atoms with Crippen LogP contribution in [0.5, 0.6) is 0 Å². The Kier molecular flexibility index (Phi) is 2.76. The molecule has 2 atom stereocenters. The maximum atomic E-state index is 11.8. The molecular formula is C9H10IN2O3+. The quantitative estimate of drug-likeness (QED) is 0.239. The lowest BCUT2D eigenvalue weighted by Crippen LogP contribution is -2.30. The highest BCUT2D eigenvalue weighted by Crippen LogP contribution is 2.28. The number of halogens is 1. The first kappa shape index (κ1) is 10.6. The molecule has 80 valence electrons. The fraction of sp³-hybridized carbons (Fsp3) is 0.444. The first-order chi connectivity index (χ1) is 7.19. The van der Waals surface area contributed by atoms with E-state index in [4.69, 9.17) is 4.84 Å². The Morgan fingerprint density at radius 2 is 2.13 bits per heavy atom. The lowest BCUT2D eigenvalue weighted by molar-refractivity contribution is -0.731. The summed E-state index contributed by atoms with van der Waals surface area (Å²) >= 11 is 2.01. The molecule has 0 aromatic rings. The topological polar surface area (TPSA) is 49.6 Å². The normalized spacial score (nSPS) is 29.2. The summed E-state index contributed by atoms with van der Waals surface area (Å²) in [6, 6.07) is 0. The molecule has 0 aromatic carbocycles. The van der Waals surface area contributed by atoms with Gasteiger partial charge in [-0.15, -0.1) is 0 Å². The van der Waals surface area contributed by atoms with Gasteiger partial charge in [-0.05, 0) is 6.08 Å². The smallest absolute Gasteiger partial charge is 0.244 e. The van der Waals surface area contributed by atoms with Crippen molar-refractivity contribution in [3.05, 3.63) is 12.3 Å². The molecule has 0 aromatic heterocycles. The Balaban J connectivity index is 2.32. The zero-order valence-electron chi connectivity index (χ0n) is 8.09. The highest BCUT2D eigenvalue weighted by Gasteiger charge is 2.49. The molecular weight excluding hydrogens is 311 g/mol. The van der Waals surface area contributed by atoms with Crippen LogP contribution >= 0.6 is 22.6 Å². The van der Waals surface area contributed by atoms with Gasteiger partial charge in [-0.1, -0.05) is 22.6 Å². The summed E-state index contributed by atoms with van der Waals surface area (Å²) in [5.41, 5.74) is 0. The molecule has 2 rings (SSSR count). The molecule has 2 aliphatic rings. The largest absolute Gasteiger partial charge is 0.275 e. The van der Waals surface area contributed by atoms with E-state index in [1.807, 2.05) is 22.6 Å². The fourth-order valence-corrected chi connectivity index (χ4v) is 2.43. The summed E-state index contributed by atoms with van der Waals surface area (Å²) in [4.78, 5) is 29.8. The molecule has 5 nitrogen and oxygen atoms in total. The molecule has 1 saturated heterocycles. The van der Waals surface area contributed by atoms with Gasteiger partial charge in [0.15, 0.2) is 0 Å². The lowest BCUT2D eigenvalue weighted by atomic mass is 9.95. The van der Waals surface area contributed by atoms with Gasteiger partial charge in [-0.3, -0.25) is 19.3 Å². The van der Waals surface area contributed by atoms with Gasteiger partial charge < -0.3 is 0 Å². The zero-order valence-corrected chi connectivity index (χ0v) is 10.2. The van der Waals surface area contributed by atoms with Gasteiger partial charge in [-0.2, -0.15) is 0 Å². The van der Waals surface area contributed by atoms with Crippen molar-refractivity contribution in [3.63, 3.8) is 0 Å². The highest BCUT2D eigenvalue weighted by molar-refractivity contribution is 14.1. The van der Waals surface area contributed by atoms with E-state index in [0.717, 1.165) is 0 Å². The number of hydroxylamine groups is 1. The minimum absolute atomic E-state index is 0.123. The molecule has 0 saturated carbocycles. The van der Waals surface area contributed by atoms with Crippen LogP contribution < -0.4 is 0 Å². The minimum Gasteiger partial charge on any atom is -0.275 e. The zero-order chi connectivity index (χ0) is 11.0. The summed E-state index contributed by atoms with van der Waals surface area (Å²) in [5, 5.41) is 0. The van der Waals surface area contributed by atoms with Gasteiger partial charge >= 0.3 is 0 Å². The Morgan fingerprint density at radius 1 is 1.47 bits per heavy atom. The van der Waals surface area contributed by atoms with E-state index >= 15 is 0 Å². The van der Waals surface area contributed by atoms with Crippen molar-refractivity contribution in [1.82, 2.24) is 4.90 Å². The van der Waals surface area contributed by atoms with Crippen LogP contribution in [0.1, 0.15) is 0 Å². The molecule has 15 heavy (non-hydrogen) atoms. The summed E-state index contributed by atoms with van der Waals surface area (Å²) in [7, 11) is 1.51. The van der Waals surface area contributed by atoms with Crippen molar-refractivity contribution in [2.45, 2.75) is 0 Å². The van der Waals surface area contributed by atoms with Crippen LogP contribution in [-0.4, -0.2) is 39.3 Å². The van der Waals surface area contributed by atoms with Gasteiger partial charge in [0.2, 0.25) is 24.2 Å². The Hall–Kier alpha value is -0.920. The van der Waals surface area contributed by atoms with Gasteiger partial charge in [0, 0.05) is 4.74 Å². The molecule has 0 N–H and O–H groups in total. The van der Waals surface area contributed by atoms with Crippen molar-refractivity contribution in [2.24, 2.45) is 11.8 Å². The van der Waals surface area contributed by atoms with Crippen LogP contribution in [0.4, 0.5) is 0 Å². The van der Waals surface area contributed by atoms with E-state index in [-0.39, 0.29) is 17.7 Å². The third-order valence-corrected chi connectivity index (χ3v) is 3.25. The van der Waals surface area contributed by atoms with Crippen LogP contribution in [0.25, 0.3) is 0 Å². The standard InChI is InChI=1S/C9H10IN2O3/c1-15-11-3-2-6-7(4-11)9(14)12(5-10)8(6)13/h2-4,6-7H,5H2,1H3/q+1. The van der Waals surface area contributed by atoms with Crippen LogP contribution in [0.3, 0.4) is 0 Å². The second kappa shape index (κ2) is 3.92. The van der Waals surface area contributed by atoms with Crippen molar-refractivity contribution in [2.75, 3.05) is 11.7 Å². The maximum absolute atomic E-state index is 11.8. The van der Waals surface area contributed by atoms with Gasteiger partial charge in [0.25, 0.3) is 0 Å². The lowest BCUT2D eigenvalue weighted by Gasteiger charge is -2.08. The molecule has 2 amide bonds. The number of carbonyl (C=O) groups is 2. The molecule has 2 aliphatic heterocycles. The first-order valence-electron chi connectivity index (χ1n) is 4.46. The van der Waals surface area contributed by atoms with Crippen molar-refractivity contribution in [1.29, 1.82) is 0 Å². The molecule has 0 aliphatic carbocycles. The average molecular weight is 321 g/mol. The Morgan fingerprint density at radius 3 is 2.73 bits per heavy atom. The number of amides is 2. The van der Waals surface area contributed by atoms with Crippen LogP contribution in [0, 0.1) is 11.8 Å². The Bertz CT molecular complexity index is 378. The number of carbonyl (C=O) groups excluding carboxylic acids is 2. The van der Waals surface area contributed by atoms with Crippen LogP contribution in [0.15, 0.2) is 12.3 Å². The SMILES string of the molecule is CO[N+]1=CC2C(=O)N(CI)C(=O)C2C=C1. The fourth-order valence-electron chi connectivity index (χ4n) is 1.76. The number of hydrogen-bond donors (Lipinski definition) is 0. The number of fused-ring (bicyclic) bond motifs is 1. The van der Waals surface area contributed by atoms with Crippen LogP contribution in [-0.2, 0) is 14.4 Å².